The summed E-state index contributed by atoms with van der Waals surface area (Å²) >= 11 is 1.36. The van der Waals surface area contributed by atoms with Gasteiger partial charge in [0.05, 0.1) is 18.6 Å². The molecule has 1 aliphatic carbocycles. The highest BCUT2D eigenvalue weighted by molar-refractivity contribution is 7.98. The van der Waals surface area contributed by atoms with E-state index in [4.69, 9.17) is 10.2 Å². The van der Waals surface area contributed by atoms with Gasteiger partial charge < -0.3 is 14.9 Å². The van der Waals surface area contributed by atoms with Gasteiger partial charge in [-0.25, -0.2) is 14.8 Å². The number of rotatable bonds is 5. The Kier molecular flexibility index (Phi) is 5.78. The molecule has 0 spiro atoms. The summed E-state index contributed by atoms with van der Waals surface area (Å²) in [4.78, 5) is 20.3. The minimum Gasteiger partial charge on any atom is -0.463 e. The van der Waals surface area contributed by atoms with Crippen LogP contribution < -0.4 is 5.73 Å². The number of methoxy groups -OCH3 is 1. The summed E-state index contributed by atoms with van der Waals surface area (Å²) in [5, 5.41) is 9.94. The normalized spacial score (nSPS) is 14.8. The van der Waals surface area contributed by atoms with Crippen LogP contribution in [0.15, 0.2) is 21.7 Å². The van der Waals surface area contributed by atoms with Crippen molar-refractivity contribution in [2.24, 2.45) is 0 Å². The van der Waals surface area contributed by atoms with E-state index in [1.807, 2.05) is 0 Å². The van der Waals surface area contributed by atoms with Crippen LogP contribution >= 0.6 is 11.8 Å². The summed E-state index contributed by atoms with van der Waals surface area (Å²) in [6.45, 7) is 0. The number of nitrogen functional groups attached to an aromatic ring is 1. The lowest BCUT2D eigenvalue weighted by Gasteiger charge is -2.22. The number of nitrogens with zero attached hydrogens (tertiary/aromatic N) is 3. The first-order chi connectivity index (χ1) is 12.6. The van der Waals surface area contributed by atoms with Crippen LogP contribution in [0.4, 0.5) is 5.82 Å². The molecule has 0 atom stereocenters. The SMILES string of the molecule is COC(=O)c1ccc(CSc2nc(N)c(C#N)c(C3CCCCC3)n2)o1. The second-order valence-corrected chi connectivity index (χ2v) is 7.09. The standard InChI is InChI=1S/C18H20N4O3S/c1-24-17(23)14-8-7-12(25-14)10-26-18-21-15(11-5-3-2-4-6-11)13(9-19)16(20)22-18/h7-8,11H,2-6,10H2,1H3,(H2,20,21,22). The van der Waals surface area contributed by atoms with Crippen molar-refractivity contribution in [1.82, 2.24) is 9.97 Å². The maximum absolute atomic E-state index is 11.4. The fourth-order valence-corrected chi connectivity index (χ4v) is 3.88. The van der Waals surface area contributed by atoms with Crippen molar-refractivity contribution in [3.8, 4) is 6.07 Å². The van der Waals surface area contributed by atoms with Gasteiger partial charge >= 0.3 is 5.97 Å². The van der Waals surface area contributed by atoms with E-state index in [1.165, 1.54) is 25.3 Å². The van der Waals surface area contributed by atoms with Gasteiger partial charge in [0.2, 0.25) is 5.76 Å². The topological polar surface area (TPSA) is 115 Å². The number of hydrogen-bond acceptors (Lipinski definition) is 8. The van der Waals surface area contributed by atoms with Crippen molar-refractivity contribution in [3.63, 3.8) is 0 Å². The molecule has 1 saturated carbocycles. The zero-order valence-electron chi connectivity index (χ0n) is 14.5. The fourth-order valence-electron chi connectivity index (χ4n) is 3.13. The Bertz CT molecular complexity index is 837. The van der Waals surface area contributed by atoms with Gasteiger partial charge in [-0.1, -0.05) is 31.0 Å². The van der Waals surface area contributed by atoms with Gasteiger partial charge in [0.1, 0.15) is 23.2 Å². The number of ether oxygens (including phenoxy) is 1. The van der Waals surface area contributed by atoms with Crippen LogP contribution in [0.3, 0.4) is 0 Å². The second kappa shape index (κ2) is 8.23. The van der Waals surface area contributed by atoms with Gasteiger partial charge in [0, 0.05) is 5.92 Å². The lowest BCUT2D eigenvalue weighted by atomic mass is 9.85. The Morgan fingerprint density at radius 1 is 1.38 bits per heavy atom. The van der Waals surface area contributed by atoms with Crippen molar-refractivity contribution in [2.45, 2.75) is 48.9 Å². The summed E-state index contributed by atoms with van der Waals surface area (Å²) in [7, 11) is 1.30. The van der Waals surface area contributed by atoms with Crippen molar-refractivity contribution in [1.29, 1.82) is 5.26 Å². The van der Waals surface area contributed by atoms with E-state index < -0.39 is 5.97 Å². The molecule has 0 unspecified atom stereocenters. The van der Waals surface area contributed by atoms with Crippen LogP contribution in [-0.4, -0.2) is 23.0 Å². The quantitative estimate of drug-likeness (QED) is 0.480. The number of aromatic nitrogens is 2. The molecule has 3 rings (SSSR count). The molecule has 2 aromatic rings. The smallest absolute Gasteiger partial charge is 0.373 e. The van der Waals surface area contributed by atoms with Gasteiger partial charge in [-0.3, -0.25) is 0 Å². The zero-order chi connectivity index (χ0) is 18.5. The predicted octanol–water partition coefficient (Wildman–Crippen LogP) is 3.65. The molecule has 1 fully saturated rings. The number of nitrogens with two attached hydrogens (primary N) is 1. The van der Waals surface area contributed by atoms with E-state index in [2.05, 4.69) is 20.8 Å². The molecule has 2 aromatic heterocycles. The maximum atomic E-state index is 11.4. The van der Waals surface area contributed by atoms with Crippen LogP contribution in [0.1, 0.15) is 65.6 Å². The number of carbonyl (C=O) groups excluding carboxylic acids is 1. The monoisotopic (exact) mass is 372 g/mol. The third-order valence-corrected chi connectivity index (χ3v) is 5.31. The number of carbonyl (C=O) groups is 1. The van der Waals surface area contributed by atoms with Crippen molar-refractivity contribution >= 4 is 23.5 Å². The molecule has 0 bridgehead atoms. The van der Waals surface area contributed by atoms with Gasteiger partial charge in [-0.2, -0.15) is 5.26 Å². The molecule has 7 nitrogen and oxygen atoms in total. The van der Waals surface area contributed by atoms with Crippen LogP contribution in [0, 0.1) is 11.3 Å². The third kappa shape index (κ3) is 3.99. The van der Waals surface area contributed by atoms with Crippen LogP contribution in [-0.2, 0) is 10.5 Å². The van der Waals surface area contributed by atoms with Gasteiger partial charge in [-0.05, 0) is 25.0 Å². The van der Waals surface area contributed by atoms with E-state index in [0.29, 0.717) is 22.2 Å². The largest absolute Gasteiger partial charge is 0.463 e. The van der Waals surface area contributed by atoms with Gasteiger partial charge in [0.15, 0.2) is 5.16 Å². The molecule has 0 aromatic carbocycles. The molecule has 2 heterocycles. The number of hydrogen-bond donors (Lipinski definition) is 1. The van der Waals surface area contributed by atoms with Crippen molar-refractivity contribution in [2.75, 3.05) is 12.8 Å². The van der Waals surface area contributed by atoms with E-state index in [9.17, 15) is 10.1 Å². The van der Waals surface area contributed by atoms with Crippen molar-refractivity contribution < 1.29 is 13.9 Å². The first-order valence-electron chi connectivity index (χ1n) is 8.49. The fraction of sp³-hybridized carbons (Fsp3) is 0.444. The van der Waals surface area contributed by atoms with E-state index in [0.717, 1.165) is 31.4 Å². The molecule has 0 aliphatic heterocycles. The predicted molar refractivity (Wildman–Crippen MR) is 96.6 cm³/mol. The van der Waals surface area contributed by atoms with E-state index in [-0.39, 0.29) is 17.5 Å². The second-order valence-electron chi connectivity index (χ2n) is 6.14. The summed E-state index contributed by atoms with van der Waals surface area (Å²) in [6, 6.07) is 5.44. The van der Waals surface area contributed by atoms with Crippen molar-refractivity contribution in [3.05, 3.63) is 34.9 Å². The Morgan fingerprint density at radius 2 is 2.15 bits per heavy atom. The van der Waals surface area contributed by atoms with E-state index in [1.54, 1.807) is 12.1 Å². The Labute approximate surface area is 155 Å². The number of nitriles is 1. The maximum Gasteiger partial charge on any atom is 0.373 e. The first kappa shape index (κ1) is 18.3. The molecule has 2 N–H and O–H groups in total. The number of thioether (sulfide) groups is 1. The molecule has 0 amide bonds. The van der Waals surface area contributed by atoms with Crippen LogP contribution in [0.2, 0.25) is 0 Å². The zero-order valence-corrected chi connectivity index (χ0v) is 15.3. The lowest BCUT2D eigenvalue weighted by molar-refractivity contribution is 0.0563. The molecule has 8 heteroatoms. The summed E-state index contributed by atoms with van der Waals surface area (Å²) in [5.74, 6) is 1.19. The Morgan fingerprint density at radius 3 is 2.85 bits per heavy atom. The highest BCUT2D eigenvalue weighted by atomic mass is 32.2. The minimum absolute atomic E-state index is 0.159. The third-order valence-electron chi connectivity index (χ3n) is 4.44. The molecule has 1 aliphatic rings. The first-order valence-corrected chi connectivity index (χ1v) is 9.48. The number of anilines is 1. The summed E-state index contributed by atoms with van der Waals surface area (Å²) < 4.78 is 10.1. The molecule has 136 valence electrons. The molecule has 0 saturated heterocycles. The molecular weight excluding hydrogens is 352 g/mol. The lowest BCUT2D eigenvalue weighted by Crippen LogP contribution is -2.12. The van der Waals surface area contributed by atoms with Crippen LogP contribution in [0.25, 0.3) is 0 Å². The highest BCUT2D eigenvalue weighted by Gasteiger charge is 2.23. The molecular formula is C18H20N4O3S. The summed E-state index contributed by atoms with van der Waals surface area (Å²) in [6.07, 6.45) is 5.56. The molecule has 26 heavy (non-hydrogen) atoms. The van der Waals surface area contributed by atoms with Gasteiger partial charge in [0.25, 0.3) is 0 Å². The average molecular weight is 372 g/mol. The summed E-state index contributed by atoms with van der Waals surface area (Å²) in [5.41, 5.74) is 7.16. The molecule has 0 radical (unpaired) electrons. The minimum atomic E-state index is -0.514. The van der Waals surface area contributed by atoms with E-state index >= 15 is 0 Å². The van der Waals surface area contributed by atoms with Gasteiger partial charge in [-0.15, -0.1) is 0 Å². The highest BCUT2D eigenvalue weighted by Crippen LogP contribution is 2.35. The Hall–Kier alpha value is -2.53. The Balaban J connectivity index is 1.77. The number of esters is 1. The number of furan rings is 1. The average Bonchev–Trinajstić information content (AvgIpc) is 3.15. The van der Waals surface area contributed by atoms with Crippen LogP contribution in [0.5, 0.6) is 0 Å².